The van der Waals surface area contributed by atoms with Gasteiger partial charge in [-0.25, -0.2) is 0 Å². The van der Waals surface area contributed by atoms with Crippen LogP contribution in [0.4, 0.5) is 0 Å². The minimum atomic E-state index is -0.0391. The Balaban J connectivity index is 1.70. The molecule has 0 aliphatic carbocycles. The molecular weight excluding hydrogens is 252 g/mol. The standard InChI is InChI=1S/C16H20N2O2/c1-12-3-5-14(6-4-12)16(19)18-9-8-17-13(2)15-7-10-20-11-15/h3-7,10-11,13,17H,8-9H2,1-2H3,(H,18,19). The summed E-state index contributed by atoms with van der Waals surface area (Å²) in [6, 6.07) is 9.70. The zero-order valence-electron chi connectivity index (χ0n) is 11.8. The van der Waals surface area contributed by atoms with Gasteiger partial charge < -0.3 is 15.1 Å². The van der Waals surface area contributed by atoms with Gasteiger partial charge in [0, 0.05) is 30.3 Å². The number of benzene rings is 1. The van der Waals surface area contributed by atoms with Gasteiger partial charge in [-0.1, -0.05) is 17.7 Å². The molecule has 1 unspecified atom stereocenters. The fourth-order valence-electron chi connectivity index (χ4n) is 1.91. The van der Waals surface area contributed by atoms with Crippen LogP contribution in [-0.2, 0) is 0 Å². The van der Waals surface area contributed by atoms with Crippen LogP contribution in [0.5, 0.6) is 0 Å². The van der Waals surface area contributed by atoms with Gasteiger partial charge in [-0.2, -0.15) is 0 Å². The number of hydrogen-bond donors (Lipinski definition) is 2. The van der Waals surface area contributed by atoms with Crippen LogP contribution in [0.1, 0.15) is 34.5 Å². The molecule has 106 valence electrons. The minimum absolute atomic E-state index is 0.0391. The quantitative estimate of drug-likeness (QED) is 0.795. The molecule has 0 saturated carbocycles. The average Bonchev–Trinajstić information content (AvgIpc) is 2.98. The van der Waals surface area contributed by atoms with Crippen LogP contribution < -0.4 is 10.6 Å². The molecule has 2 N–H and O–H groups in total. The Hall–Kier alpha value is -2.07. The number of rotatable bonds is 6. The number of hydrogen-bond acceptors (Lipinski definition) is 3. The fourth-order valence-corrected chi connectivity index (χ4v) is 1.91. The van der Waals surface area contributed by atoms with E-state index < -0.39 is 0 Å². The van der Waals surface area contributed by atoms with Gasteiger partial charge in [0.2, 0.25) is 0 Å². The van der Waals surface area contributed by atoms with Crippen LogP contribution in [0, 0.1) is 6.92 Å². The van der Waals surface area contributed by atoms with Gasteiger partial charge >= 0.3 is 0 Å². The van der Waals surface area contributed by atoms with E-state index in [9.17, 15) is 4.79 Å². The van der Waals surface area contributed by atoms with Crippen molar-refractivity contribution in [3.8, 4) is 0 Å². The summed E-state index contributed by atoms with van der Waals surface area (Å²) in [7, 11) is 0. The van der Waals surface area contributed by atoms with Gasteiger partial charge in [-0.15, -0.1) is 0 Å². The topological polar surface area (TPSA) is 54.3 Å². The largest absolute Gasteiger partial charge is 0.472 e. The Morgan fingerprint density at radius 1 is 1.20 bits per heavy atom. The van der Waals surface area contributed by atoms with E-state index in [0.717, 1.165) is 11.1 Å². The third-order valence-corrected chi connectivity index (χ3v) is 3.22. The van der Waals surface area contributed by atoms with E-state index in [1.807, 2.05) is 37.3 Å². The molecule has 4 heteroatoms. The average molecular weight is 272 g/mol. The highest BCUT2D eigenvalue weighted by molar-refractivity contribution is 5.94. The number of nitrogens with one attached hydrogen (secondary N) is 2. The SMILES string of the molecule is Cc1ccc(C(=O)NCCNC(C)c2ccoc2)cc1. The monoisotopic (exact) mass is 272 g/mol. The Morgan fingerprint density at radius 2 is 1.95 bits per heavy atom. The summed E-state index contributed by atoms with van der Waals surface area (Å²) in [5, 5.41) is 6.22. The van der Waals surface area contributed by atoms with Crippen molar-refractivity contribution in [3.63, 3.8) is 0 Å². The Kier molecular flexibility index (Phi) is 4.96. The van der Waals surface area contributed by atoms with E-state index in [1.54, 1.807) is 12.5 Å². The number of amides is 1. The highest BCUT2D eigenvalue weighted by Gasteiger charge is 2.06. The number of furan rings is 1. The lowest BCUT2D eigenvalue weighted by molar-refractivity contribution is 0.0953. The van der Waals surface area contributed by atoms with E-state index in [0.29, 0.717) is 18.7 Å². The number of carbonyl (C=O) groups excluding carboxylic acids is 1. The van der Waals surface area contributed by atoms with Gasteiger partial charge in [0.05, 0.1) is 12.5 Å². The van der Waals surface area contributed by atoms with Gasteiger partial charge in [0.25, 0.3) is 5.91 Å². The summed E-state index contributed by atoms with van der Waals surface area (Å²) in [6.07, 6.45) is 3.38. The van der Waals surface area contributed by atoms with E-state index in [2.05, 4.69) is 17.6 Å². The second-order valence-electron chi connectivity index (χ2n) is 4.85. The van der Waals surface area contributed by atoms with Crippen LogP contribution >= 0.6 is 0 Å². The predicted molar refractivity (Wildman–Crippen MR) is 78.6 cm³/mol. The van der Waals surface area contributed by atoms with Crippen molar-refractivity contribution in [1.82, 2.24) is 10.6 Å². The fraction of sp³-hybridized carbons (Fsp3) is 0.312. The molecule has 0 fully saturated rings. The molecule has 2 aromatic rings. The normalized spacial score (nSPS) is 12.1. The first-order valence-electron chi connectivity index (χ1n) is 6.77. The van der Waals surface area contributed by atoms with Crippen LogP contribution in [0.15, 0.2) is 47.3 Å². The molecule has 2 rings (SSSR count). The molecule has 4 nitrogen and oxygen atoms in total. The Morgan fingerprint density at radius 3 is 2.60 bits per heavy atom. The van der Waals surface area contributed by atoms with Crippen molar-refractivity contribution in [3.05, 3.63) is 59.5 Å². The first-order valence-corrected chi connectivity index (χ1v) is 6.77. The molecule has 0 radical (unpaired) electrons. The smallest absolute Gasteiger partial charge is 0.251 e. The molecule has 0 spiro atoms. The minimum Gasteiger partial charge on any atom is -0.472 e. The van der Waals surface area contributed by atoms with Crippen molar-refractivity contribution in [1.29, 1.82) is 0 Å². The van der Waals surface area contributed by atoms with Crippen LogP contribution in [-0.4, -0.2) is 19.0 Å². The lowest BCUT2D eigenvalue weighted by atomic mass is 10.1. The molecule has 1 atom stereocenters. The maximum absolute atomic E-state index is 11.9. The second-order valence-corrected chi connectivity index (χ2v) is 4.85. The molecule has 1 aromatic heterocycles. The van der Waals surface area contributed by atoms with Gasteiger partial charge in [-0.05, 0) is 32.0 Å². The van der Waals surface area contributed by atoms with Crippen LogP contribution in [0.25, 0.3) is 0 Å². The van der Waals surface area contributed by atoms with Crippen LogP contribution in [0.3, 0.4) is 0 Å². The summed E-state index contributed by atoms with van der Waals surface area (Å²) >= 11 is 0. The summed E-state index contributed by atoms with van der Waals surface area (Å²) in [5.41, 5.74) is 2.95. The lowest BCUT2D eigenvalue weighted by Crippen LogP contribution is -2.32. The molecular formula is C16H20N2O2. The van der Waals surface area contributed by atoms with Crippen molar-refractivity contribution < 1.29 is 9.21 Å². The van der Waals surface area contributed by atoms with E-state index in [-0.39, 0.29) is 11.9 Å². The third kappa shape index (κ3) is 3.96. The lowest BCUT2D eigenvalue weighted by Gasteiger charge is -2.12. The van der Waals surface area contributed by atoms with Gasteiger partial charge in [0.1, 0.15) is 0 Å². The second kappa shape index (κ2) is 6.91. The molecule has 0 saturated heterocycles. The zero-order valence-corrected chi connectivity index (χ0v) is 11.8. The van der Waals surface area contributed by atoms with Crippen molar-refractivity contribution >= 4 is 5.91 Å². The number of aryl methyl sites for hydroxylation is 1. The van der Waals surface area contributed by atoms with Crippen molar-refractivity contribution in [2.24, 2.45) is 0 Å². The molecule has 1 aromatic carbocycles. The first kappa shape index (κ1) is 14.3. The van der Waals surface area contributed by atoms with E-state index in [1.165, 1.54) is 0 Å². The van der Waals surface area contributed by atoms with Crippen molar-refractivity contribution in [2.75, 3.05) is 13.1 Å². The molecule has 0 bridgehead atoms. The summed E-state index contributed by atoms with van der Waals surface area (Å²) < 4.78 is 5.04. The highest BCUT2D eigenvalue weighted by atomic mass is 16.3. The van der Waals surface area contributed by atoms with Gasteiger partial charge in [0.15, 0.2) is 0 Å². The summed E-state index contributed by atoms with van der Waals surface area (Å²) in [5.74, 6) is -0.0391. The predicted octanol–water partition coefficient (Wildman–Crippen LogP) is 2.67. The maximum atomic E-state index is 11.9. The molecule has 0 aliphatic heterocycles. The Labute approximate surface area is 119 Å². The molecule has 1 amide bonds. The first-order chi connectivity index (χ1) is 9.66. The summed E-state index contributed by atoms with van der Waals surface area (Å²) in [6.45, 7) is 5.37. The van der Waals surface area contributed by atoms with E-state index >= 15 is 0 Å². The van der Waals surface area contributed by atoms with Crippen molar-refractivity contribution in [2.45, 2.75) is 19.9 Å². The maximum Gasteiger partial charge on any atom is 0.251 e. The molecule has 20 heavy (non-hydrogen) atoms. The highest BCUT2D eigenvalue weighted by Crippen LogP contribution is 2.11. The zero-order chi connectivity index (χ0) is 14.4. The van der Waals surface area contributed by atoms with Gasteiger partial charge in [-0.3, -0.25) is 4.79 Å². The van der Waals surface area contributed by atoms with Crippen LogP contribution in [0.2, 0.25) is 0 Å². The number of carbonyl (C=O) groups is 1. The third-order valence-electron chi connectivity index (χ3n) is 3.22. The summed E-state index contributed by atoms with van der Waals surface area (Å²) in [4.78, 5) is 11.9. The molecule has 0 aliphatic rings. The molecule has 1 heterocycles. The Bertz CT molecular complexity index is 532. The van der Waals surface area contributed by atoms with E-state index in [4.69, 9.17) is 4.42 Å².